The first-order valence-corrected chi connectivity index (χ1v) is 12.0. The second-order valence-corrected chi connectivity index (χ2v) is 9.40. The van der Waals surface area contributed by atoms with Crippen molar-refractivity contribution in [3.8, 4) is 22.6 Å². The van der Waals surface area contributed by atoms with Crippen LogP contribution in [0.3, 0.4) is 0 Å². The second kappa shape index (κ2) is 8.20. The maximum atomic E-state index is 13.2. The summed E-state index contributed by atoms with van der Waals surface area (Å²) >= 11 is 0. The first-order valence-electron chi connectivity index (χ1n) is 12.0. The van der Waals surface area contributed by atoms with Crippen molar-refractivity contribution in [3.05, 3.63) is 48.3 Å². The predicted octanol–water partition coefficient (Wildman–Crippen LogP) is 3.92. The van der Waals surface area contributed by atoms with Gasteiger partial charge in [-0.05, 0) is 57.2 Å². The molecule has 2 aliphatic heterocycles. The molecule has 1 fully saturated rings. The number of aromatic nitrogens is 6. The molecule has 1 amide bonds. The zero-order chi connectivity index (χ0) is 24.2. The van der Waals surface area contributed by atoms with E-state index in [2.05, 4.69) is 49.7 Å². The molecule has 9 nitrogen and oxygen atoms in total. The van der Waals surface area contributed by atoms with E-state index in [4.69, 9.17) is 9.72 Å². The fourth-order valence-corrected chi connectivity index (χ4v) is 5.46. The average Bonchev–Trinajstić information content (AvgIpc) is 3.40. The Hall–Kier alpha value is -3.72. The summed E-state index contributed by atoms with van der Waals surface area (Å²) in [5.74, 6) is 1.75. The summed E-state index contributed by atoms with van der Waals surface area (Å²) in [6, 6.07) is 6.08. The number of rotatable bonds is 4. The summed E-state index contributed by atoms with van der Waals surface area (Å²) in [6.07, 6.45) is 6.89. The average molecular weight is 470 g/mol. The number of hydrogen-bond acceptors (Lipinski definition) is 7. The van der Waals surface area contributed by atoms with Crippen LogP contribution in [0.5, 0.6) is 0 Å². The Morgan fingerprint density at radius 3 is 2.63 bits per heavy atom. The van der Waals surface area contributed by atoms with Gasteiger partial charge in [0.15, 0.2) is 5.65 Å². The van der Waals surface area contributed by atoms with Crippen molar-refractivity contribution in [1.82, 2.24) is 29.5 Å². The summed E-state index contributed by atoms with van der Waals surface area (Å²) in [7, 11) is 0. The van der Waals surface area contributed by atoms with Gasteiger partial charge in [-0.1, -0.05) is 6.07 Å². The molecule has 0 radical (unpaired) electrons. The fourth-order valence-electron chi connectivity index (χ4n) is 5.46. The quantitative estimate of drug-likeness (QED) is 0.483. The standard InChI is InChI=1S/C26H27N7O2/c1-4-33-23(17-12-27-15(2)28-13-17)32-22-21(29-14-30-24(22)33)16-5-6-20-19(11-16)26(3,25(34)31-20)18-7-9-35-10-8-18/h5-6,11-14,18H,4,7-10H2,1-3H3,(H,31,34). The lowest BCUT2D eigenvalue weighted by molar-refractivity contribution is -0.123. The highest BCUT2D eigenvalue weighted by Gasteiger charge is 2.48. The molecule has 0 saturated carbocycles. The SMILES string of the molecule is CCn1c(-c2cnc(C)nc2)nc2c(-c3ccc4c(c3)C(C)(C3CCOCC3)C(=O)N4)ncnc21. The number of nitrogens with zero attached hydrogens (tertiary/aromatic N) is 6. The first-order chi connectivity index (χ1) is 17.0. The first kappa shape index (κ1) is 21.8. The molecule has 5 heterocycles. The van der Waals surface area contributed by atoms with E-state index >= 15 is 0 Å². The van der Waals surface area contributed by atoms with Gasteiger partial charge in [0.1, 0.15) is 29.2 Å². The van der Waals surface area contributed by atoms with Gasteiger partial charge in [-0.2, -0.15) is 0 Å². The minimum atomic E-state index is -0.603. The van der Waals surface area contributed by atoms with Gasteiger partial charge in [0.2, 0.25) is 5.91 Å². The number of anilines is 1. The Morgan fingerprint density at radius 1 is 1.11 bits per heavy atom. The van der Waals surface area contributed by atoms with E-state index in [9.17, 15) is 4.79 Å². The molecule has 0 aliphatic carbocycles. The van der Waals surface area contributed by atoms with E-state index in [0.717, 1.165) is 57.9 Å². The number of amides is 1. The maximum absolute atomic E-state index is 13.2. The lowest BCUT2D eigenvalue weighted by atomic mass is 9.69. The van der Waals surface area contributed by atoms with Crippen LogP contribution in [-0.2, 0) is 21.5 Å². The molecule has 178 valence electrons. The molecule has 1 unspecified atom stereocenters. The molecule has 1 N–H and O–H groups in total. The molecule has 0 bridgehead atoms. The minimum Gasteiger partial charge on any atom is -0.381 e. The van der Waals surface area contributed by atoms with Crippen LogP contribution in [0.15, 0.2) is 36.9 Å². The van der Waals surface area contributed by atoms with Gasteiger partial charge in [0, 0.05) is 43.4 Å². The summed E-state index contributed by atoms with van der Waals surface area (Å²) < 4.78 is 7.62. The van der Waals surface area contributed by atoms with Gasteiger partial charge in [0.05, 0.1) is 11.0 Å². The topological polar surface area (TPSA) is 108 Å². The Bertz CT molecular complexity index is 1440. The van der Waals surface area contributed by atoms with Crippen molar-refractivity contribution in [2.24, 2.45) is 5.92 Å². The van der Waals surface area contributed by atoms with Crippen LogP contribution in [0.25, 0.3) is 33.8 Å². The highest BCUT2D eigenvalue weighted by molar-refractivity contribution is 6.07. The van der Waals surface area contributed by atoms with Gasteiger partial charge in [0.25, 0.3) is 0 Å². The molecule has 3 aromatic heterocycles. The van der Waals surface area contributed by atoms with Crippen LogP contribution in [0.1, 0.15) is 38.1 Å². The molecule has 1 aromatic carbocycles. The van der Waals surface area contributed by atoms with Gasteiger partial charge in [-0.25, -0.2) is 24.9 Å². The number of hydrogen-bond donors (Lipinski definition) is 1. The highest BCUT2D eigenvalue weighted by atomic mass is 16.5. The van der Waals surface area contributed by atoms with Gasteiger partial charge in [-0.3, -0.25) is 4.79 Å². The number of fused-ring (bicyclic) bond motifs is 2. The third-order valence-electron chi connectivity index (χ3n) is 7.50. The summed E-state index contributed by atoms with van der Waals surface area (Å²) in [4.78, 5) is 36.0. The van der Waals surface area contributed by atoms with Crippen molar-refractivity contribution in [3.63, 3.8) is 0 Å². The third-order valence-corrected chi connectivity index (χ3v) is 7.50. The van der Waals surface area contributed by atoms with Crippen molar-refractivity contribution >= 4 is 22.8 Å². The van der Waals surface area contributed by atoms with E-state index in [-0.39, 0.29) is 11.8 Å². The maximum Gasteiger partial charge on any atom is 0.235 e. The van der Waals surface area contributed by atoms with Crippen molar-refractivity contribution in [2.45, 2.75) is 45.6 Å². The Labute approximate surface area is 203 Å². The molecule has 4 aromatic rings. The monoisotopic (exact) mass is 469 g/mol. The number of carbonyl (C=O) groups excluding carboxylic acids is 1. The zero-order valence-electron chi connectivity index (χ0n) is 20.1. The van der Waals surface area contributed by atoms with Crippen LogP contribution in [0, 0.1) is 12.8 Å². The highest BCUT2D eigenvalue weighted by Crippen LogP contribution is 2.47. The number of aryl methyl sites for hydroxylation is 2. The van der Waals surface area contributed by atoms with Crippen LogP contribution in [0.2, 0.25) is 0 Å². The smallest absolute Gasteiger partial charge is 0.235 e. The Balaban J connectivity index is 1.50. The molecule has 9 heteroatoms. The molecule has 2 aliphatic rings. The van der Waals surface area contributed by atoms with Crippen molar-refractivity contribution in [2.75, 3.05) is 18.5 Å². The number of nitrogens with one attached hydrogen (secondary N) is 1. The van der Waals surface area contributed by atoms with E-state index < -0.39 is 5.41 Å². The van der Waals surface area contributed by atoms with Gasteiger partial charge < -0.3 is 14.6 Å². The minimum absolute atomic E-state index is 0.0568. The molecular weight excluding hydrogens is 442 g/mol. The van der Waals surface area contributed by atoms with Gasteiger partial charge in [-0.15, -0.1) is 0 Å². The normalized spacial score (nSPS) is 20.3. The lowest BCUT2D eigenvalue weighted by Crippen LogP contribution is -2.41. The molecular formula is C26H27N7O2. The number of imidazole rings is 1. The molecule has 1 saturated heterocycles. The Morgan fingerprint density at radius 2 is 1.89 bits per heavy atom. The van der Waals surface area contributed by atoms with E-state index in [1.165, 1.54) is 0 Å². The summed E-state index contributed by atoms with van der Waals surface area (Å²) in [5, 5.41) is 3.10. The predicted molar refractivity (Wildman–Crippen MR) is 132 cm³/mol. The van der Waals surface area contributed by atoms with Crippen molar-refractivity contribution < 1.29 is 9.53 Å². The Kier molecular flexibility index (Phi) is 5.10. The van der Waals surface area contributed by atoms with E-state index in [1.54, 1.807) is 18.7 Å². The second-order valence-electron chi connectivity index (χ2n) is 9.40. The molecule has 1 atom stereocenters. The largest absolute Gasteiger partial charge is 0.381 e. The fraction of sp³-hybridized carbons (Fsp3) is 0.385. The van der Waals surface area contributed by atoms with Crippen LogP contribution in [0.4, 0.5) is 5.69 Å². The number of benzene rings is 1. The summed E-state index contributed by atoms with van der Waals surface area (Å²) in [5.41, 5.74) is 5.25. The van der Waals surface area contributed by atoms with E-state index in [0.29, 0.717) is 25.6 Å². The van der Waals surface area contributed by atoms with Crippen LogP contribution in [-0.4, -0.2) is 48.6 Å². The van der Waals surface area contributed by atoms with Crippen LogP contribution < -0.4 is 5.32 Å². The van der Waals surface area contributed by atoms with Crippen LogP contribution >= 0.6 is 0 Å². The zero-order valence-corrected chi connectivity index (χ0v) is 20.1. The summed E-state index contributed by atoms with van der Waals surface area (Å²) in [6.45, 7) is 8.06. The molecule has 6 rings (SSSR count). The van der Waals surface area contributed by atoms with Gasteiger partial charge >= 0.3 is 0 Å². The third kappa shape index (κ3) is 3.33. The van der Waals surface area contributed by atoms with E-state index in [1.807, 2.05) is 19.1 Å². The number of ether oxygens (including phenoxy) is 1. The van der Waals surface area contributed by atoms with Crippen molar-refractivity contribution in [1.29, 1.82) is 0 Å². The molecule has 0 spiro atoms. The molecule has 35 heavy (non-hydrogen) atoms. The number of carbonyl (C=O) groups is 1. The lowest BCUT2D eigenvalue weighted by Gasteiger charge is -2.35.